The number of carbonyl (C=O) groups is 1. The van der Waals surface area contributed by atoms with E-state index >= 15 is 0 Å². The molecule has 4 rings (SSSR count). The molecule has 0 unspecified atom stereocenters. The highest BCUT2D eigenvalue weighted by molar-refractivity contribution is 5.82. The summed E-state index contributed by atoms with van der Waals surface area (Å²) in [6.45, 7) is 6.40. The Bertz CT molecular complexity index is 1140. The van der Waals surface area contributed by atoms with E-state index in [4.69, 9.17) is 4.42 Å². The first-order valence-corrected chi connectivity index (χ1v) is 9.36. The summed E-state index contributed by atoms with van der Waals surface area (Å²) in [7, 11) is 0. The van der Waals surface area contributed by atoms with Gasteiger partial charge in [0.05, 0.1) is 12.1 Å². The molecule has 2 heterocycles. The van der Waals surface area contributed by atoms with Crippen molar-refractivity contribution in [1.29, 1.82) is 0 Å². The molecular weight excluding hydrogens is 350 g/mol. The van der Waals surface area contributed by atoms with Gasteiger partial charge >= 0.3 is 0 Å². The van der Waals surface area contributed by atoms with Crippen LogP contribution in [0.3, 0.4) is 0 Å². The third-order valence-electron chi connectivity index (χ3n) is 4.83. The van der Waals surface area contributed by atoms with Gasteiger partial charge in [-0.2, -0.15) is 0 Å². The Morgan fingerprint density at radius 2 is 1.86 bits per heavy atom. The second kappa shape index (κ2) is 7.35. The van der Waals surface area contributed by atoms with E-state index in [0.717, 1.165) is 27.7 Å². The third kappa shape index (κ3) is 3.83. The van der Waals surface area contributed by atoms with Crippen LogP contribution in [0.5, 0.6) is 0 Å². The average molecular weight is 373 g/mol. The van der Waals surface area contributed by atoms with Crippen LogP contribution < -0.4 is 5.32 Å². The fourth-order valence-electron chi connectivity index (χ4n) is 3.26. The van der Waals surface area contributed by atoms with Gasteiger partial charge in [-0.1, -0.05) is 23.8 Å². The van der Waals surface area contributed by atoms with Crippen molar-refractivity contribution in [2.45, 2.75) is 33.7 Å². The first-order chi connectivity index (χ1) is 13.5. The Kier molecular flexibility index (Phi) is 4.74. The maximum Gasteiger partial charge on any atom is 0.226 e. The van der Waals surface area contributed by atoms with Crippen molar-refractivity contribution in [1.82, 2.24) is 15.3 Å². The summed E-state index contributed by atoms with van der Waals surface area (Å²) in [5.74, 6) is 1.15. The summed E-state index contributed by atoms with van der Waals surface area (Å²) in [6.07, 6.45) is 0.201. The van der Waals surface area contributed by atoms with E-state index in [1.165, 1.54) is 5.56 Å². The van der Waals surface area contributed by atoms with E-state index in [2.05, 4.69) is 27.4 Å². The summed E-state index contributed by atoms with van der Waals surface area (Å²) in [5, 5.41) is 4.12. The number of hydrogen-bond acceptors (Lipinski definition) is 3. The Balaban J connectivity index is 1.41. The van der Waals surface area contributed by atoms with Gasteiger partial charge in [0.25, 0.3) is 0 Å². The molecule has 0 spiro atoms. The lowest BCUT2D eigenvalue weighted by Crippen LogP contribution is -2.24. The number of nitrogens with zero attached hydrogens (tertiary/aromatic N) is 1. The number of hydrogen-bond donors (Lipinski definition) is 2. The third-order valence-corrected chi connectivity index (χ3v) is 4.83. The SMILES string of the molecule is Cc1ccc(-c2nc(CC(=O)NCc3ccc4[nH]c(C)cc4c3)c(C)o2)cc1. The lowest BCUT2D eigenvalue weighted by atomic mass is 10.1. The molecule has 28 heavy (non-hydrogen) atoms. The van der Waals surface area contributed by atoms with Crippen LogP contribution in [0.25, 0.3) is 22.4 Å². The number of H-pyrrole nitrogens is 1. The minimum atomic E-state index is -0.0720. The highest BCUT2D eigenvalue weighted by Gasteiger charge is 2.14. The molecule has 0 atom stereocenters. The maximum absolute atomic E-state index is 12.4. The van der Waals surface area contributed by atoms with Crippen LogP contribution in [0.15, 0.2) is 52.9 Å². The van der Waals surface area contributed by atoms with Crippen molar-refractivity contribution in [2.75, 3.05) is 0 Å². The van der Waals surface area contributed by atoms with Crippen molar-refractivity contribution < 1.29 is 9.21 Å². The van der Waals surface area contributed by atoms with Crippen molar-refractivity contribution in [3.63, 3.8) is 0 Å². The van der Waals surface area contributed by atoms with Gasteiger partial charge in [0.15, 0.2) is 0 Å². The minimum Gasteiger partial charge on any atom is -0.441 e. The predicted octanol–water partition coefficient (Wildman–Crippen LogP) is 4.61. The number of fused-ring (bicyclic) bond motifs is 1. The summed E-state index contributed by atoms with van der Waals surface area (Å²) in [4.78, 5) is 20.2. The zero-order valence-electron chi connectivity index (χ0n) is 16.3. The molecule has 2 N–H and O–H groups in total. The zero-order chi connectivity index (χ0) is 19.7. The summed E-state index contributed by atoms with van der Waals surface area (Å²) in [6, 6.07) is 16.2. The van der Waals surface area contributed by atoms with Crippen LogP contribution in [0.2, 0.25) is 0 Å². The molecule has 0 aliphatic rings. The molecule has 0 bridgehead atoms. The monoisotopic (exact) mass is 373 g/mol. The second-order valence-corrected chi connectivity index (χ2v) is 7.22. The van der Waals surface area contributed by atoms with Crippen molar-refractivity contribution in [3.05, 3.63) is 76.8 Å². The molecule has 2 aromatic heterocycles. The fourth-order valence-corrected chi connectivity index (χ4v) is 3.26. The Hall–Kier alpha value is -3.34. The molecule has 0 aliphatic carbocycles. The summed E-state index contributed by atoms with van der Waals surface area (Å²) < 4.78 is 5.76. The van der Waals surface area contributed by atoms with Gasteiger partial charge in [-0.25, -0.2) is 4.98 Å². The summed E-state index contributed by atoms with van der Waals surface area (Å²) >= 11 is 0. The predicted molar refractivity (Wildman–Crippen MR) is 110 cm³/mol. The molecule has 1 amide bonds. The van der Waals surface area contributed by atoms with Crippen LogP contribution in [0, 0.1) is 20.8 Å². The topological polar surface area (TPSA) is 70.9 Å². The first kappa shape index (κ1) is 18.0. The molecule has 5 nitrogen and oxygen atoms in total. The number of rotatable bonds is 5. The molecule has 5 heteroatoms. The smallest absolute Gasteiger partial charge is 0.226 e. The number of benzene rings is 2. The number of nitrogens with one attached hydrogen (secondary N) is 2. The van der Waals surface area contributed by atoms with Gasteiger partial charge in [-0.3, -0.25) is 4.79 Å². The van der Waals surface area contributed by atoms with Gasteiger partial charge in [0.1, 0.15) is 5.76 Å². The largest absolute Gasteiger partial charge is 0.441 e. The van der Waals surface area contributed by atoms with E-state index < -0.39 is 0 Å². The molecule has 0 saturated heterocycles. The van der Waals surface area contributed by atoms with E-state index in [9.17, 15) is 4.79 Å². The molecule has 0 radical (unpaired) electrons. The minimum absolute atomic E-state index is 0.0720. The molecule has 142 valence electrons. The maximum atomic E-state index is 12.4. The van der Waals surface area contributed by atoms with E-state index in [0.29, 0.717) is 23.9 Å². The quantitative estimate of drug-likeness (QED) is 0.537. The van der Waals surface area contributed by atoms with Gasteiger partial charge in [-0.05, 0) is 62.1 Å². The molecule has 2 aromatic carbocycles. The van der Waals surface area contributed by atoms with Gasteiger partial charge in [0, 0.05) is 23.3 Å². The summed E-state index contributed by atoms with van der Waals surface area (Å²) in [5.41, 5.74) is 6.06. The second-order valence-electron chi connectivity index (χ2n) is 7.22. The number of oxazole rings is 1. The standard InChI is InChI=1S/C23H23N3O2/c1-14-4-7-18(8-5-14)23-26-21(16(3)28-23)12-22(27)24-13-17-6-9-20-19(11-17)10-15(2)25-20/h4-11,25H,12-13H2,1-3H3,(H,24,27). The molecule has 0 aliphatic heterocycles. The van der Waals surface area contributed by atoms with Crippen LogP contribution in [-0.2, 0) is 17.8 Å². The van der Waals surface area contributed by atoms with Crippen molar-refractivity contribution in [2.24, 2.45) is 0 Å². The number of aryl methyl sites for hydroxylation is 3. The zero-order valence-corrected chi connectivity index (χ0v) is 16.3. The number of aromatic amines is 1. The van der Waals surface area contributed by atoms with E-state index in [1.807, 2.05) is 57.2 Å². The van der Waals surface area contributed by atoms with Crippen LogP contribution in [-0.4, -0.2) is 15.9 Å². The number of aromatic nitrogens is 2. The number of amides is 1. The Morgan fingerprint density at radius 1 is 1.07 bits per heavy atom. The van der Waals surface area contributed by atoms with E-state index in [-0.39, 0.29) is 12.3 Å². The Labute approximate surface area is 163 Å². The first-order valence-electron chi connectivity index (χ1n) is 9.36. The van der Waals surface area contributed by atoms with Crippen molar-refractivity contribution >= 4 is 16.8 Å². The van der Waals surface area contributed by atoms with Gasteiger partial charge in [-0.15, -0.1) is 0 Å². The fraction of sp³-hybridized carbons (Fsp3) is 0.217. The molecular formula is C23H23N3O2. The highest BCUT2D eigenvalue weighted by Crippen LogP contribution is 2.22. The van der Waals surface area contributed by atoms with Gasteiger partial charge < -0.3 is 14.7 Å². The normalized spacial score (nSPS) is 11.1. The lowest BCUT2D eigenvalue weighted by molar-refractivity contribution is -0.120. The Morgan fingerprint density at radius 3 is 2.64 bits per heavy atom. The van der Waals surface area contributed by atoms with E-state index in [1.54, 1.807) is 0 Å². The highest BCUT2D eigenvalue weighted by atomic mass is 16.4. The average Bonchev–Trinajstić information content (AvgIpc) is 3.22. The van der Waals surface area contributed by atoms with Crippen LogP contribution in [0.1, 0.15) is 28.3 Å². The van der Waals surface area contributed by atoms with Gasteiger partial charge in [0.2, 0.25) is 11.8 Å². The van der Waals surface area contributed by atoms with Crippen LogP contribution >= 0.6 is 0 Å². The molecule has 0 fully saturated rings. The molecule has 4 aromatic rings. The van der Waals surface area contributed by atoms with Crippen LogP contribution in [0.4, 0.5) is 0 Å². The van der Waals surface area contributed by atoms with Crippen molar-refractivity contribution in [3.8, 4) is 11.5 Å². The number of carbonyl (C=O) groups excluding carboxylic acids is 1. The molecule has 0 saturated carbocycles. The lowest BCUT2D eigenvalue weighted by Gasteiger charge is -2.05.